The number of oxazole rings is 1. The molecule has 0 fully saturated rings. The summed E-state index contributed by atoms with van der Waals surface area (Å²) in [5.41, 5.74) is 3.00. The van der Waals surface area contributed by atoms with Crippen molar-refractivity contribution in [3.05, 3.63) is 46.4 Å². The molecule has 0 amide bonds. The van der Waals surface area contributed by atoms with Crippen molar-refractivity contribution in [2.45, 2.75) is 18.7 Å². The van der Waals surface area contributed by atoms with Crippen LogP contribution in [-0.4, -0.2) is 19.2 Å². The number of halogens is 1. The molecule has 7 heteroatoms. The normalized spacial score (nSPS) is 11.8. The lowest BCUT2D eigenvalue weighted by atomic mass is 10.2. The topological polar surface area (TPSA) is 72.2 Å². The molecule has 3 aromatic rings. The second-order valence-corrected chi connectivity index (χ2v) is 8.27. The van der Waals surface area contributed by atoms with Gasteiger partial charge in [-0.2, -0.15) is 4.98 Å². The number of nitrogens with one attached hydrogen (secondary N) is 1. The van der Waals surface area contributed by atoms with Crippen LogP contribution in [0.1, 0.15) is 12.5 Å². The molecule has 0 radical (unpaired) electrons. The summed E-state index contributed by atoms with van der Waals surface area (Å²) in [6.07, 6.45) is 0. The van der Waals surface area contributed by atoms with Crippen LogP contribution in [0.15, 0.2) is 50.2 Å². The smallest absolute Gasteiger partial charge is 0.300 e. The van der Waals surface area contributed by atoms with Crippen molar-refractivity contribution < 1.29 is 12.8 Å². The highest BCUT2D eigenvalue weighted by atomic mass is 79.9. The molecule has 3 rings (SSSR count). The van der Waals surface area contributed by atoms with Crippen LogP contribution in [0.4, 0.5) is 11.7 Å². The number of hydrogen-bond acceptors (Lipinski definition) is 5. The van der Waals surface area contributed by atoms with Crippen molar-refractivity contribution in [1.29, 1.82) is 0 Å². The quantitative estimate of drug-likeness (QED) is 0.707. The van der Waals surface area contributed by atoms with E-state index in [1.807, 2.05) is 25.1 Å². The van der Waals surface area contributed by atoms with Gasteiger partial charge in [-0.1, -0.05) is 28.9 Å². The Morgan fingerprint density at radius 2 is 2.00 bits per heavy atom. The monoisotopic (exact) mass is 394 g/mol. The highest BCUT2D eigenvalue weighted by Crippen LogP contribution is 2.27. The van der Waals surface area contributed by atoms with Crippen molar-refractivity contribution >= 4 is 48.6 Å². The van der Waals surface area contributed by atoms with Gasteiger partial charge < -0.3 is 9.73 Å². The highest BCUT2D eigenvalue weighted by Gasteiger charge is 2.14. The van der Waals surface area contributed by atoms with Crippen molar-refractivity contribution in [2.75, 3.05) is 11.1 Å². The Morgan fingerprint density at radius 1 is 1.22 bits per heavy atom. The third-order valence-electron chi connectivity index (χ3n) is 3.52. The molecule has 0 unspecified atom stereocenters. The summed E-state index contributed by atoms with van der Waals surface area (Å²) in [7, 11) is -3.26. The van der Waals surface area contributed by atoms with Gasteiger partial charge in [0.1, 0.15) is 5.52 Å². The first-order valence-corrected chi connectivity index (χ1v) is 9.50. The second-order valence-electron chi connectivity index (χ2n) is 5.14. The third-order valence-corrected chi connectivity index (χ3v) is 6.11. The molecular formula is C16H15BrN2O3S. The standard InChI is InChI=1S/C16H15BrN2O3S/c1-3-23(20,21)12-6-7-15-14(9-12)19-16(22-15)18-11-5-4-10(2)13(17)8-11/h4-9H,3H2,1-2H3,(H,18,19). The molecule has 1 N–H and O–H groups in total. The molecule has 120 valence electrons. The van der Waals surface area contributed by atoms with E-state index in [1.54, 1.807) is 19.1 Å². The summed E-state index contributed by atoms with van der Waals surface area (Å²) < 4.78 is 30.5. The van der Waals surface area contributed by atoms with Gasteiger partial charge >= 0.3 is 0 Å². The summed E-state index contributed by atoms with van der Waals surface area (Å²) in [6, 6.07) is 10.8. The maximum Gasteiger partial charge on any atom is 0.300 e. The van der Waals surface area contributed by atoms with Gasteiger partial charge in [-0.05, 0) is 42.8 Å². The van der Waals surface area contributed by atoms with E-state index < -0.39 is 9.84 Å². The Hall–Kier alpha value is -1.86. The number of aryl methyl sites for hydroxylation is 1. The minimum atomic E-state index is -3.26. The second kappa shape index (κ2) is 5.98. The number of hydrogen-bond donors (Lipinski definition) is 1. The van der Waals surface area contributed by atoms with Gasteiger partial charge in [0.2, 0.25) is 0 Å². The van der Waals surface area contributed by atoms with Crippen molar-refractivity contribution in [1.82, 2.24) is 4.98 Å². The summed E-state index contributed by atoms with van der Waals surface area (Å²) in [4.78, 5) is 4.57. The molecule has 2 aromatic carbocycles. The fourth-order valence-electron chi connectivity index (χ4n) is 2.11. The number of aromatic nitrogens is 1. The molecule has 1 aromatic heterocycles. The van der Waals surface area contributed by atoms with E-state index in [-0.39, 0.29) is 10.6 Å². The Kier molecular flexibility index (Phi) is 4.16. The Balaban J connectivity index is 1.95. The van der Waals surface area contributed by atoms with E-state index in [0.29, 0.717) is 17.1 Å². The lowest BCUT2D eigenvalue weighted by molar-refractivity contribution is 0.597. The number of fused-ring (bicyclic) bond motifs is 1. The first kappa shape index (κ1) is 16.0. The Labute approximate surface area is 142 Å². The van der Waals surface area contributed by atoms with E-state index in [4.69, 9.17) is 4.42 Å². The molecule has 0 bridgehead atoms. The Bertz CT molecular complexity index is 980. The van der Waals surface area contributed by atoms with Crippen molar-refractivity contribution in [3.8, 4) is 0 Å². The number of benzene rings is 2. The molecule has 5 nitrogen and oxygen atoms in total. The first-order chi connectivity index (χ1) is 10.9. The van der Waals surface area contributed by atoms with Gasteiger partial charge in [0, 0.05) is 10.2 Å². The van der Waals surface area contributed by atoms with Crippen LogP contribution < -0.4 is 5.32 Å². The van der Waals surface area contributed by atoms with Gasteiger partial charge in [0.15, 0.2) is 15.4 Å². The first-order valence-electron chi connectivity index (χ1n) is 7.05. The van der Waals surface area contributed by atoms with Gasteiger partial charge in [0.05, 0.1) is 10.6 Å². The van der Waals surface area contributed by atoms with Crippen LogP contribution in [0.3, 0.4) is 0 Å². The summed E-state index contributed by atoms with van der Waals surface area (Å²) in [6.45, 7) is 3.62. The molecule has 0 aliphatic carbocycles. The van der Waals surface area contributed by atoms with Gasteiger partial charge in [0.25, 0.3) is 6.01 Å². The molecule has 0 saturated carbocycles. The van der Waals surface area contributed by atoms with Crippen LogP contribution in [0.5, 0.6) is 0 Å². The number of rotatable bonds is 4. The minimum Gasteiger partial charge on any atom is -0.423 e. The van der Waals surface area contributed by atoms with Crippen LogP contribution >= 0.6 is 15.9 Å². The van der Waals surface area contributed by atoms with E-state index in [9.17, 15) is 8.42 Å². The van der Waals surface area contributed by atoms with Crippen LogP contribution in [0.25, 0.3) is 11.1 Å². The van der Waals surface area contributed by atoms with Gasteiger partial charge in [-0.25, -0.2) is 8.42 Å². The van der Waals surface area contributed by atoms with Crippen LogP contribution in [-0.2, 0) is 9.84 Å². The number of sulfone groups is 1. The Morgan fingerprint density at radius 3 is 2.70 bits per heavy atom. The molecule has 23 heavy (non-hydrogen) atoms. The highest BCUT2D eigenvalue weighted by molar-refractivity contribution is 9.10. The lowest BCUT2D eigenvalue weighted by Crippen LogP contribution is -2.03. The van der Waals surface area contributed by atoms with E-state index >= 15 is 0 Å². The average Bonchev–Trinajstić information content (AvgIpc) is 2.92. The third kappa shape index (κ3) is 3.25. The molecule has 0 aliphatic heterocycles. The summed E-state index contributed by atoms with van der Waals surface area (Å²) >= 11 is 3.48. The van der Waals surface area contributed by atoms with E-state index in [0.717, 1.165) is 15.7 Å². The van der Waals surface area contributed by atoms with E-state index in [2.05, 4.69) is 26.2 Å². The molecule has 1 heterocycles. The maximum absolute atomic E-state index is 11.9. The maximum atomic E-state index is 11.9. The van der Waals surface area contributed by atoms with Gasteiger partial charge in [-0.15, -0.1) is 0 Å². The predicted octanol–water partition coefficient (Wildman–Crippen LogP) is 4.44. The van der Waals surface area contributed by atoms with Crippen molar-refractivity contribution in [2.24, 2.45) is 0 Å². The largest absolute Gasteiger partial charge is 0.423 e. The fraction of sp³-hybridized carbons (Fsp3) is 0.188. The summed E-state index contributed by atoms with van der Waals surface area (Å²) in [5.74, 6) is 0.0544. The zero-order valence-electron chi connectivity index (χ0n) is 12.6. The predicted molar refractivity (Wildman–Crippen MR) is 93.9 cm³/mol. The molecular weight excluding hydrogens is 380 g/mol. The molecule has 0 aliphatic rings. The lowest BCUT2D eigenvalue weighted by Gasteiger charge is -2.03. The number of anilines is 2. The zero-order chi connectivity index (χ0) is 16.6. The van der Waals surface area contributed by atoms with Crippen LogP contribution in [0.2, 0.25) is 0 Å². The minimum absolute atomic E-state index is 0.0544. The molecule has 0 spiro atoms. The van der Waals surface area contributed by atoms with Crippen molar-refractivity contribution in [3.63, 3.8) is 0 Å². The molecule has 0 atom stereocenters. The molecule has 0 saturated heterocycles. The van der Waals surface area contributed by atoms with Crippen LogP contribution in [0, 0.1) is 6.92 Å². The van der Waals surface area contributed by atoms with Gasteiger partial charge in [-0.3, -0.25) is 0 Å². The van der Waals surface area contributed by atoms with E-state index in [1.165, 1.54) is 6.07 Å². The summed E-state index contributed by atoms with van der Waals surface area (Å²) in [5, 5.41) is 3.08. The zero-order valence-corrected chi connectivity index (χ0v) is 15.0. The SMILES string of the molecule is CCS(=O)(=O)c1ccc2oc(Nc3ccc(C)c(Br)c3)nc2c1. The number of nitrogens with zero attached hydrogens (tertiary/aromatic N) is 1. The fourth-order valence-corrected chi connectivity index (χ4v) is 3.39. The average molecular weight is 395 g/mol.